The van der Waals surface area contributed by atoms with Crippen molar-refractivity contribution in [2.75, 3.05) is 13.1 Å². The summed E-state index contributed by atoms with van der Waals surface area (Å²) >= 11 is 0. The number of β-amino-alcohol motifs (C(OH)–C–C–N with tert-alkyl or cyclic N) is 1. The Morgan fingerprint density at radius 1 is 1.22 bits per heavy atom. The van der Waals surface area contributed by atoms with Gasteiger partial charge in [-0.3, -0.25) is 14.9 Å². The first-order valence-electron chi connectivity index (χ1n) is 9.27. The minimum Gasteiger partial charge on any atom is -0.391 e. The molecule has 0 unspecified atom stereocenters. The Morgan fingerprint density at radius 3 is 2.78 bits per heavy atom. The molecule has 1 aliphatic rings. The highest BCUT2D eigenvalue weighted by Gasteiger charge is 2.34. The first kappa shape index (κ1) is 17.7. The predicted molar refractivity (Wildman–Crippen MR) is 104 cm³/mol. The number of rotatable bonds is 3. The molecule has 140 valence electrons. The summed E-state index contributed by atoms with van der Waals surface area (Å²) in [5, 5.41) is 18.7. The lowest BCUT2D eigenvalue weighted by Crippen LogP contribution is -2.29. The van der Waals surface area contributed by atoms with Crippen LogP contribution < -0.4 is 0 Å². The van der Waals surface area contributed by atoms with Crippen molar-refractivity contribution < 1.29 is 9.90 Å². The van der Waals surface area contributed by atoms with Crippen molar-refractivity contribution in [3.05, 3.63) is 58.5 Å². The first-order chi connectivity index (χ1) is 12.9. The van der Waals surface area contributed by atoms with E-state index in [0.717, 1.165) is 33.5 Å². The summed E-state index contributed by atoms with van der Waals surface area (Å²) in [5.41, 5.74) is 5.47. The van der Waals surface area contributed by atoms with E-state index in [4.69, 9.17) is 0 Å². The number of nitrogens with zero attached hydrogens (tertiary/aromatic N) is 3. The topological polar surface area (TPSA) is 82.1 Å². The largest absolute Gasteiger partial charge is 0.391 e. The van der Waals surface area contributed by atoms with Crippen LogP contribution in [-0.4, -0.2) is 50.3 Å². The number of carbonyl (C=O) groups is 1. The van der Waals surface area contributed by atoms with Gasteiger partial charge in [-0.15, -0.1) is 0 Å². The third-order valence-electron chi connectivity index (χ3n) is 5.32. The van der Waals surface area contributed by atoms with Crippen LogP contribution in [0.3, 0.4) is 0 Å². The molecule has 1 amide bonds. The highest BCUT2D eigenvalue weighted by molar-refractivity contribution is 5.98. The molecule has 0 aliphatic carbocycles. The van der Waals surface area contributed by atoms with Gasteiger partial charge < -0.3 is 10.0 Å². The van der Waals surface area contributed by atoms with Crippen LogP contribution >= 0.6 is 0 Å². The number of benzene rings is 1. The van der Waals surface area contributed by atoms with Gasteiger partial charge in [-0.1, -0.05) is 6.07 Å². The fraction of sp³-hybridized carbons (Fsp3) is 0.381. The van der Waals surface area contributed by atoms with Crippen LogP contribution in [0.5, 0.6) is 0 Å². The molecule has 0 bridgehead atoms. The van der Waals surface area contributed by atoms with E-state index in [1.54, 1.807) is 4.90 Å². The number of H-pyrrole nitrogens is 1. The summed E-state index contributed by atoms with van der Waals surface area (Å²) < 4.78 is 0. The van der Waals surface area contributed by atoms with Crippen LogP contribution in [-0.2, 0) is 6.42 Å². The molecule has 0 spiro atoms. The molecular formula is C21H24N4O2. The maximum atomic E-state index is 13.0. The van der Waals surface area contributed by atoms with Crippen molar-refractivity contribution in [2.45, 2.75) is 33.3 Å². The van der Waals surface area contributed by atoms with E-state index >= 15 is 0 Å². The summed E-state index contributed by atoms with van der Waals surface area (Å²) in [6.45, 7) is 6.85. The Balaban J connectivity index is 1.53. The Labute approximate surface area is 158 Å². The van der Waals surface area contributed by atoms with E-state index in [2.05, 4.69) is 22.1 Å². The number of hydrogen-bond donors (Lipinski definition) is 2. The lowest BCUT2D eigenvalue weighted by atomic mass is 10.00. The van der Waals surface area contributed by atoms with Gasteiger partial charge in [0.05, 0.1) is 17.3 Å². The van der Waals surface area contributed by atoms with Crippen LogP contribution in [0, 0.1) is 26.7 Å². The molecule has 1 saturated heterocycles. The van der Waals surface area contributed by atoms with Crippen molar-refractivity contribution in [2.24, 2.45) is 5.92 Å². The summed E-state index contributed by atoms with van der Waals surface area (Å²) in [6.07, 6.45) is 0.126. The maximum absolute atomic E-state index is 13.0. The summed E-state index contributed by atoms with van der Waals surface area (Å²) in [4.78, 5) is 19.3. The maximum Gasteiger partial charge on any atom is 0.254 e. The molecule has 0 saturated carbocycles. The van der Waals surface area contributed by atoms with E-state index in [1.807, 2.05) is 44.2 Å². The second-order valence-corrected chi connectivity index (χ2v) is 7.60. The van der Waals surface area contributed by atoms with Crippen molar-refractivity contribution in [3.63, 3.8) is 0 Å². The molecule has 1 aromatic carbocycles. The molecule has 4 rings (SSSR count). The monoisotopic (exact) mass is 364 g/mol. The number of nitrogens with one attached hydrogen (secondary N) is 1. The van der Waals surface area contributed by atoms with Crippen molar-refractivity contribution in [1.82, 2.24) is 20.1 Å². The van der Waals surface area contributed by atoms with Gasteiger partial charge in [-0.25, -0.2) is 0 Å². The summed E-state index contributed by atoms with van der Waals surface area (Å²) in [7, 11) is 0. The van der Waals surface area contributed by atoms with Crippen LogP contribution in [0.15, 0.2) is 30.3 Å². The number of amides is 1. The number of carbonyl (C=O) groups excluding carboxylic acids is 1. The molecule has 3 heterocycles. The highest BCUT2D eigenvalue weighted by Crippen LogP contribution is 2.25. The van der Waals surface area contributed by atoms with Gasteiger partial charge in [0.25, 0.3) is 5.91 Å². The first-order valence-corrected chi connectivity index (χ1v) is 9.27. The molecule has 27 heavy (non-hydrogen) atoms. The molecule has 6 heteroatoms. The second kappa shape index (κ2) is 6.78. The zero-order valence-electron chi connectivity index (χ0n) is 15.9. The Morgan fingerprint density at radius 2 is 2.04 bits per heavy atom. The van der Waals surface area contributed by atoms with Crippen LogP contribution in [0.1, 0.15) is 33.0 Å². The van der Waals surface area contributed by atoms with Crippen LogP contribution in [0.2, 0.25) is 0 Å². The standard InChI is InChI=1S/C21H24N4O2/c1-12-6-13(2)22-19-9-15(4-5-18(12)19)21(27)25-10-16(20(26)11-25)8-17-7-14(3)23-24-17/h4-7,9,16,20,26H,8,10-11H2,1-3H3,(H,23,24)/t16-,20+/m1/s1. The third kappa shape index (κ3) is 3.45. The van der Waals surface area contributed by atoms with Crippen molar-refractivity contribution >= 4 is 16.8 Å². The fourth-order valence-electron chi connectivity index (χ4n) is 3.95. The SMILES string of the molecule is Cc1cc(C)c2ccc(C(=O)N3C[C@@H](Cc4cc(C)[nH]n4)[C@@H](O)C3)cc2n1. The van der Waals surface area contributed by atoms with Gasteiger partial charge >= 0.3 is 0 Å². The van der Waals surface area contributed by atoms with E-state index in [-0.39, 0.29) is 11.8 Å². The normalized spacial score (nSPS) is 19.8. The predicted octanol–water partition coefficient (Wildman–Crippen LogP) is 2.56. The molecule has 2 N–H and O–H groups in total. The molecule has 2 aromatic heterocycles. The van der Waals surface area contributed by atoms with Gasteiger partial charge in [-0.2, -0.15) is 5.10 Å². The molecule has 1 aliphatic heterocycles. The minimum absolute atomic E-state index is 0.000259. The molecule has 0 radical (unpaired) electrons. The molecule has 6 nitrogen and oxygen atoms in total. The number of fused-ring (bicyclic) bond motifs is 1. The van der Waals surface area contributed by atoms with Gasteiger partial charge in [0.15, 0.2) is 0 Å². The number of aromatic nitrogens is 3. The summed E-state index contributed by atoms with van der Waals surface area (Å²) in [5.74, 6) is -0.0580. The van der Waals surface area contributed by atoms with Crippen molar-refractivity contribution in [1.29, 1.82) is 0 Å². The quantitative estimate of drug-likeness (QED) is 0.748. The lowest BCUT2D eigenvalue weighted by molar-refractivity contribution is 0.0764. The molecule has 2 atom stereocenters. The average molecular weight is 364 g/mol. The van der Waals surface area contributed by atoms with Gasteiger partial charge in [0, 0.05) is 41.3 Å². The Hall–Kier alpha value is -2.73. The smallest absolute Gasteiger partial charge is 0.254 e. The third-order valence-corrected chi connectivity index (χ3v) is 5.32. The number of aromatic amines is 1. The lowest BCUT2D eigenvalue weighted by Gasteiger charge is -2.16. The van der Waals surface area contributed by atoms with Crippen LogP contribution in [0.25, 0.3) is 10.9 Å². The molecule has 1 fully saturated rings. The second-order valence-electron chi connectivity index (χ2n) is 7.60. The van der Waals surface area contributed by atoms with Gasteiger partial charge in [0.2, 0.25) is 0 Å². The van der Waals surface area contributed by atoms with Crippen molar-refractivity contribution in [3.8, 4) is 0 Å². The Kier molecular flexibility index (Phi) is 4.44. The zero-order chi connectivity index (χ0) is 19.1. The number of likely N-dealkylation sites (tertiary alicyclic amines) is 1. The van der Waals surface area contributed by atoms with E-state index < -0.39 is 6.10 Å². The van der Waals surface area contributed by atoms with E-state index in [1.165, 1.54) is 0 Å². The zero-order valence-corrected chi connectivity index (χ0v) is 15.9. The number of hydrogen-bond acceptors (Lipinski definition) is 4. The van der Waals surface area contributed by atoms with E-state index in [9.17, 15) is 9.90 Å². The number of pyridine rings is 1. The van der Waals surface area contributed by atoms with E-state index in [0.29, 0.717) is 25.1 Å². The number of aliphatic hydroxyl groups is 1. The molecular weight excluding hydrogens is 340 g/mol. The number of aliphatic hydroxyl groups excluding tert-OH is 1. The fourth-order valence-corrected chi connectivity index (χ4v) is 3.95. The Bertz CT molecular complexity index is 1010. The van der Waals surface area contributed by atoms with Gasteiger partial charge in [-0.05, 0) is 57.0 Å². The highest BCUT2D eigenvalue weighted by atomic mass is 16.3. The average Bonchev–Trinajstić information content (AvgIpc) is 3.19. The van der Waals surface area contributed by atoms with Gasteiger partial charge in [0.1, 0.15) is 0 Å². The number of aryl methyl sites for hydroxylation is 3. The minimum atomic E-state index is -0.533. The van der Waals surface area contributed by atoms with Crippen LogP contribution in [0.4, 0.5) is 0 Å². The summed E-state index contributed by atoms with van der Waals surface area (Å²) in [6, 6.07) is 9.69. The molecule has 3 aromatic rings.